The van der Waals surface area contributed by atoms with Crippen LogP contribution in [0.4, 0.5) is 5.69 Å². The van der Waals surface area contributed by atoms with Crippen LogP contribution in [0.5, 0.6) is 11.5 Å². The van der Waals surface area contributed by atoms with Crippen LogP contribution < -0.4 is 14.8 Å². The molecular formula is C20H21BrN4O3S. The molecule has 3 aromatic rings. The van der Waals surface area contributed by atoms with Crippen LogP contribution in [0, 0.1) is 0 Å². The maximum absolute atomic E-state index is 12.4. The van der Waals surface area contributed by atoms with Gasteiger partial charge in [0.05, 0.1) is 25.7 Å². The molecule has 0 atom stereocenters. The summed E-state index contributed by atoms with van der Waals surface area (Å²) in [5.41, 5.74) is 1.56. The van der Waals surface area contributed by atoms with Gasteiger partial charge in [0.2, 0.25) is 5.91 Å². The minimum Gasteiger partial charge on any atom is -0.497 e. The molecule has 0 saturated heterocycles. The highest BCUT2D eigenvalue weighted by atomic mass is 79.9. The van der Waals surface area contributed by atoms with Crippen molar-refractivity contribution in [3.63, 3.8) is 0 Å². The van der Waals surface area contributed by atoms with Crippen LogP contribution in [-0.2, 0) is 11.3 Å². The number of nitrogens with one attached hydrogen (secondary N) is 1. The molecule has 1 heterocycles. The minimum absolute atomic E-state index is 0.158. The molecule has 9 heteroatoms. The SMILES string of the molecule is CCn1c(SCC(=O)Nc2ccc(OC)cc2OC)nnc1-c1ccc(Br)cc1. The van der Waals surface area contributed by atoms with Gasteiger partial charge in [-0.25, -0.2) is 0 Å². The van der Waals surface area contributed by atoms with Gasteiger partial charge in [0.25, 0.3) is 0 Å². The average Bonchev–Trinajstić information content (AvgIpc) is 3.16. The topological polar surface area (TPSA) is 78.3 Å². The van der Waals surface area contributed by atoms with Crippen LogP contribution in [0.25, 0.3) is 11.4 Å². The van der Waals surface area contributed by atoms with E-state index in [0.29, 0.717) is 28.9 Å². The third-order valence-corrected chi connectivity index (χ3v) is 5.65. The second kappa shape index (κ2) is 9.80. The van der Waals surface area contributed by atoms with E-state index < -0.39 is 0 Å². The maximum atomic E-state index is 12.4. The summed E-state index contributed by atoms with van der Waals surface area (Å²) >= 11 is 4.78. The molecule has 0 aliphatic rings. The number of carbonyl (C=O) groups is 1. The first-order chi connectivity index (χ1) is 14.0. The summed E-state index contributed by atoms with van der Waals surface area (Å²) in [4.78, 5) is 12.4. The molecule has 3 rings (SSSR count). The molecule has 0 aliphatic heterocycles. The average molecular weight is 477 g/mol. The second-order valence-electron chi connectivity index (χ2n) is 5.96. The molecule has 0 saturated carbocycles. The number of hydrogen-bond donors (Lipinski definition) is 1. The standard InChI is InChI=1S/C20H21BrN4O3S/c1-4-25-19(13-5-7-14(21)8-6-13)23-24-20(25)29-12-18(26)22-16-10-9-15(27-2)11-17(16)28-3/h5-11H,4,12H2,1-3H3,(H,22,26). The first-order valence-electron chi connectivity index (χ1n) is 8.89. The Morgan fingerprint density at radius 3 is 2.55 bits per heavy atom. The quantitative estimate of drug-likeness (QED) is 0.483. The molecule has 1 amide bonds. The Balaban J connectivity index is 1.68. The maximum Gasteiger partial charge on any atom is 0.234 e. The van der Waals surface area contributed by atoms with E-state index in [1.807, 2.05) is 35.8 Å². The number of aromatic nitrogens is 3. The number of hydrogen-bond acceptors (Lipinski definition) is 6. The summed E-state index contributed by atoms with van der Waals surface area (Å²) in [6.45, 7) is 2.73. The summed E-state index contributed by atoms with van der Waals surface area (Å²) in [6, 6.07) is 13.1. The molecule has 152 valence electrons. The second-order valence-corrected chi connectivity index (χ2v) is 7.82. The highest BCUT2D eigenvalue weighted by Gasteiger charge is 2.15. The zero-order chi connectivity index (χ0) is 20.8. The Hall–Kier alpha value is -2.52. The highest BCUT2D eigenvalue weighted by molar-refractivity contribution is 9.10. The lowest BCUT2D eigenvalue weighted by Gasteiger charge is -2.11. The molecule has 1 aromatic heterocycles. The fourth-order valence-corrected chi connectivity index (χ4v) is 3.78. The highest BCUT2D eigenvalue weighted by Crippen LogP contribution is 2.30. The zero-order valence-electron chi connectivity index (χ0n) is 16.3. The summed E-state index contributed by atoms with van der Waals surface area (Å²) in [6.07, 6.45) is 0. The van der Waals surface area contributed by atoms with Crippen LogP contribution in [0.2, 0.25) is 0 Å². The fourth-order valence-electron chi connectivity index (χ4n) is 2.71. The van der Waals surface area contributed by atoms with Crippen LogP contribution >= 0.6 is 27.7 Å². The number of rotatable bonds is 8. The Bertz CT molecular complexity index is 992. The van der Waals surface area contributed by atoms with Crippen LogP contribution in [0.15, 0.2) is 52.1 Å². The summed E-state index contributed by atoms with van der Waals surface area (Å²) in [7, 11) is 3.13. The van der Waals surface area contributed by atoms with Gasteiger partial charge < -0.3 is 19.4 Å². The van der Waals surface area contributed by atoms with Crippen molar-refractivity contribution in [3.05, 3.63) is 46.9 Å². The van der Waals surface area contributed by atoms with Gasteiger partial charge in [0.15, 0.2) is 11.0 Å². The van der Waals surface area contributed by atoms with Crippen LogP contribution in [-0.4, -0.2) is 40.6 Å². The summed E-state index contributed by atoms with van der Waals surface area (Å²) in [5.74, 6) is 2.02. The van der Waals surface area contributed by atoms with Crippen molar-refractivity contribution in [2.75, 3.05) is 25.3 Å². The lowest BCUT2D eigenvalue weighted by atomic mass is 10.2. The minimum atomic E-state index is -0.158. The number of carbonyl (C=O) groups excluding carboxylic acids is 1. The Morgan fingerprint density at radius 1 is 1.14 bits per heavy atom. The van der Waals surface area contributed by atoms with E-state index in [4.69, 9.17) is 9.47 Å². The van der Waals surface area contributed by atoms with Crippen LogP contribution in [0.3, 0.4) is 0 Å². The number of methoxy groups -OCH3 is 2. The van der Waals surface area contributed by atoms with Gasteiger partial charge in [-0.15, -0.1) is 10.2 Å². The molecule has 1 N–H and O–H groups in total. The number of halogens is 1. The van der Waals surface area contributed by atoms with Gasteiger partial charge in [0, 0.05) is 22.6 Å². The Labute approximate surface area is 181 Å². The van der Waals surface area contributed by atoms with E-state index in [1.54, 1.807) is 32.4 Å². The summed E-state index contributed by atoms with van der Waals surface area (Å²) in [5, 5.41) is 12.1. The molecule has 7 nitrogen and oxygen atoms in total. The smallest absolute Gasteiger partial charge is 0.234 e. The first kappa shape index (κ1) is 21.2. The van der Waals surface area contributed by atoms with E-state index in [0.717, 1.165) is 15.9 Å². The zero-order valence-corrected chi connectivity index (χ0v) is 18.7. The molecule has 0 spiro atoms. The van der Waals surface area contributed by atoms with Gasteiger partial charge in [-0.3, -0.25) is 4.79 Å². The number of thioether (sulfide) groups is 1. The number of benzene rings is 2. The van der Waals surface area contributed by atoms with Crippen molar-refractivity contribution >= 4 is 39.3 Å². The molecule has 0 fully saturated rings. The number of ether oxygens (including phenoxy) is 2. The van der Waals surface area contributed by atoms with Gasteiger partial charge in [0.1, 0.15) is 11.5 Å². The van der Waals surface area contributed by atoms with E-state index >= 15 is 0 Å². The predicted molar refractivity (Wildman–Crippen MR) is 118 cm³/mol. The molecule has 0 aliphatic carbocycles. The van der Waals surface area contributed by atoms with Crippen molar-refractivity contribution in [2.45, 2.75) is 18.6 Å². The fraction of sp³-hybridized carbons (Fsp3) is 0.250. The van der Waals surface area contributed by atoms with Crippen molar-refractivity contribution in [3.8, 4) is 22.9 Å². The van der Waals surface area contributed by atoms with E-state index in [2.05, 4.69) is 31.4 Å². The number of amides is 1. The van der Waals surface area contributed by atoms with E-state index in [1.165, 1.54) is 11.8 Å². The van der Waals surface area contributed by atoms with E-state index in [9.17, 15) is 4.79 Å². The molecule has 29 heavy (non-hydrogen) atoms. The van der Waals surface area contributed by atoms with Crippen molar-refractivity contribution in [1.29, 1.82) is 0 Å². The monoisotopic (exact) mass is 476 g/mol. The summed E-state index contributed by atoms with van der Waals surface area (Å²) < 4.78 is 13.5. The van der Waals surface area contributed by atoms with Gasteiger partial charge >= 0.3 is 0 Å². The normalized spacial score (nSPS) is 10.6. The lowest BCUT2D eigenvalue weighted by Crippen LogP contribution is -2.15. The molecule has 0 unspecified atom stereocenters. The van der Waals surface area contributed by atoms with Crippen molar-refractivity contribution in [2.24, 2.45) is 0 Å². The molecule has 0 radical (unpaired) electrons. The largest absolute Gasteiger partial charge is 0.497 e. The third-order valence-electron chi connectivity index (χ3n) is 4.15. The Morgan fingerprint density at radius 2 is 1.90 bits per heavy atom. The molecule has 2 aromatic carbocycles. The number of anilines is 1. The predicted octanol–water partition coefficient (Wildman–Crippen LogP) is 4.48. The van der Waals surface area contributed by atoms with E-state index in [-0.39, 0.29) is 11.7 Å². The first-order valence-corrected chi connectivity index (χ1v) is 10.7. The van der Waals surface area contributed by atoms with Crippen LogP contribution in [0.1, 0.15) is 6.92 Å². The van der Waals surface area contributed by atoms with Crippen molar-refractivity contribution in [1.82, 2.24) is 14.8 Å². The lowest BCUT2D eigenvalue weighted by molar-refractivity contribution is -0.113. The molecular weight excluding hydrogens is 456 g/mol. The number of nitrogens with zero attached hydrogens (tertiary/aromatic N) is 3. The van der Waals surface area contributed by atoms with Gasteiger partial charge in [-0.05, 0) is 31.2 Å². The Kier molecular flexibility index (Phi) is 7.16. The molecule has 0 bridgehead atoms. The van der Waals surface area contributed by atoms with Gasteiger partial charge in [-0.1, -0.05) is 39.8 Å². The van der Waals surface area contributed by atoms with Gasteiger partial charge in [-0.2, -0.15) is 0 Å². The third kappa shape index (κ3) is 5.10. The van der Waals surface area contributed by atoms with Crippen molar-refractivity contribution < 1.29 is 14.3 Å².